The smallest absolute Gasteiger partial charge is 0.377 e. The van der Waals surface area contributed by atoms with Gasteiger partial charge in [-0.15, -0.1) is 0 Å². The summed E-state index contributed by atoms with van der Waals surface area (Å²) < 4.78 is 22.9. The van der Waals surface area contributed by atoms with Crippen LogP contribution in [0, 0.1) is 11.8 Å². The van der Waals surface area contributed by atoms with Gasteiger partial charge in [-0.25, -0.2) is 0 Å². The average molecular weight is 303 g/mol. The first-order valence-electron chi connectivity index (χ1n) is 7.77. The molecule has 0 aromatic rings. The minimum Gasteiger partial charge on any atom is -0.377 e. The molecule has 0 bridgehead atoms. The zero-order valence-corrected chi connectivity index (χ0v) is 14.0. The Balaban J connectivity index is 1.94. The summed E-state index contributed by atoms with van der Waals surface area (Å²) in [5, 5.41) is 0. The Morgan fingerprint density at radius 3 is 2.55 bits per heavy atom. The largest absolute Gasteiger partial charge is 0.500 e. The summed E-state index contributed by atoms with van der Waals surface area (Å²) in [4.78, 5) is 0. The molecule has 0 amide bonds. The van der Waals surface area contributed by atoms with Crippen LogP contribution < -0.4 is 5.73 Å². The Kier molecular flexibility index (Phi) is 6.01. The number of epoxide rings is 1. The molecule has 20 heavy (non-hydrogen) atoms. The van der Waals surface area contributed by atoms with Crippen LogP contribution in [0.1, 0.15) is 32.6 Å². The highest BCUT2D eigenvalue weighted by Crippen LogP contribution is 2.43. The van der Waals surface area contributed by atoms with Gasteiger partial charge in [-0.2, -0.15) is 0 Å². The number of ether oxygens (including phenoxy) is 1. The normalized spacial score (nSPS) is 30.9. The van der Waals surface area contributed by atoms with Gasteiger partial charge in [0.25, 0.3) is 0 Å². The Morgan fingerprint density at radius 2 is 2.00 bits per heavy atom. The molecule has 1 aliphatic heterocycles. The maximum absolute atomic E-state index is 6.02. The molecule has 1 aliphatic carbocycles. The van der Waals surface area contributed by atoms with Gasteiger partial charge in [0.2, 0.25) is 0 Å². The zero-order chi connectivity index (χ0) is 14.6. The first-order chi connectivity index (χ1) is 9.68. The molecule has 1 saturated carbocycles. The van der Waals surface area contributed by atoms with Gasteiger partial charge in [0.05, 0.1) is 12.2 Å². The van der Waals surface area contributed by atoms with Crippen molar-refractivity contribution in [3.8, 4) is 0 Å². The van der Waals surface area contributed by atoms with Crippen LogP contribution in [0.5, 0.6) is 0 Å². The summed E-state index contributed by atoms with van der Waals surface area (Å²) in [7, 11) is 0.827. The van der Waals surface area contributed by atoms with Gasteiger partial charge in [0, 0.05) is 26.9 Å². The molecular weight excluding hydrogens is 274 g/mol. The predicted octanol–water partition coefficient (Wildman–Crippen LogP) is 1.79. The fourth-order valence-electron chi connectivity index (χ4n) is 3.31. The highest BCUT2D eigenvalue weighted by Gasteiger charge is 2.48. The molecule has 0 aromatic carbocycles. The van der Waals surface area contributed by atoms with E-state index in [9.17, 15) is 0 Å². The van der Waals surface area contributed by atoms with E-state index in [-0.39, 0.29) is 0 Å². The summed E-state index contributed by atoms with van der Waals surface area (Å²) in [6, 6.07) is 0.818. The van der Waals surface area contributed by atoms with E-state index in [2.05, 4.69) is 6.92 Å². The minimum atomic E-state index is -2.56. The number of fused-ring (bicyclic) bond motifs is 1. The van der Waals surface area contributed by atoms with Crippen LogP contribution in [0.25, 0.3) is 0 Å². The Bertz CT molecular complexity index is 301. The molecule has 2 aliphatic rings. The van der Waals surface area contributed by atoms with E-state index in [1.807, 2.05) is 0 Å². The molecule has 118 valence electrons. The van der Waals surface area contributed by atoms with Crippen LogP contribution in [-0.2, 0) is 18.0 Å². The lowest BCUT2D eigenvalue weighted by molar-refractivity contribution is 0.0884. The van der Waals surface area contributed by atoms with Gasteiger partial charge >= 0.3 is 8.80 Å². The van der Waals surface area contributed by atoms with E-state index in [0.717, 1.165) is 18.9 Å². The summed E-state index contributed by atoms with van der Waals surface area (Å²) in [5.41, 5.74) is 6.02. The van der Waals surface area contributed by atoms with Crippen molar-refractivity contribution in [2.45, 2.75) is 50.9 Å². The second-order valence-electron chi connectivity index (χ2n) is 5.93. The second-order valence-corrected chi connectivity index (χ2v) is 8.81. The SMILES string of the molecule is CCCO[Si](CC(CN)C1CCC2OC2C1)(OC)OC. The minimum absolute atomic E-state index is 0.406. The van der Waals surface area contributed by atoms with E-state index in [1.165, 1.54) is 12.8 Å². The first-order valence-corrected chi connectivity index (χ1v) is 9.71. The van der Waals surface area contributed by atoms with Gasteiger partial charge in [0.1, 0.15) is 0 Å². The van der Waals surface area contributed by atoms with Crippen molar-refractivity contribution in [2.75, 3.05) is 27.4 Å². The van der Waals surface area contributed by atoms with E-state index in [0.29, 0.717) is 37.2 Å². The highest BCUT2D eigenvalue weighted by atomic mass is 28.4. The standard InChI is InChI=1S/C14H29NO4Si/c1-4-7-18-20(16-2,17-3)10-12(9-15)11-5-6-13-14(8-11)19-13/h11-14H,4-10,15H2,1-3H3. The van der Waals surface area contributed by atoms with Gasteiger partial charge in [-0.05, 0) is 44.1 Å². The van der Waals surface area contributed by atoms with Crippen molar-refractivity contribution in [3.63, 3.8) is 0 Å². The molecule has 5 nitrogen and oxygen atoms in total. The molecule has 2 rings (SSSR count). The van der Waals surface area contributed by atoms with Crippen molar-refractivity contribution in [1.29, 1.82) is 0 Å². The topological polar surface area (TPSA) is 66.2 Å². The van der Waals surface area contributed by atoms with Crippen molar-refractivity contribution in [1.82, 2.24) is 0 Å². The quantitative estimate of drug-likeness (QED) is 0.519. The van der Waals surface area contributed by atoms with Crippen molar-refractivity contribution in [3.05, 3.63) is 0 Å². The lowest BCUT2D eigenvalue weighted by Gasteiger charge is -2.34. The van der Waals surface area contributed by atoms with E-state index < -0.39 is 8.80 Å². The van der Waals surface area contributed by atoms with E-state index in [4.69, 9.17) is 23.7 Å². The molecule has 2 N–H and O–H groups in total. The Labute approximate surface area is 123 Å². The third-order valence-corrected chi connectivity index (χ3v) is 7.59. The maximum Gasteiger partial charge on any atom is 0.500 e. The zero-order valence-electron chi connectivity index (χ0n) is 13.0. The number of hydrogen-bond donors (Lipinski definition) is 1. The number of hydrogen-bond acceptors (Lipinski definition) is 5. The van der Waals surface area contributed by atoms with Gasteiger partial charge in [0.15, 0.2) is 0 Å². The van der Waals surface area contributed by atoms with Crippen LogP contribution in [0.3, 0.4) is 0 Å². The molecule has 4 unspecified atom stereocenters. The lowest BCUT2D eigenvalue weighted by atomic mass is 9.81. The summed E-state index contributed by atoms with van der Waals surface area (Å²) >= 11 is 0. The van der Waals surface area contributed by atoms with Gasteiger partial charge in [-0.1, -0.05) is 6.92 Å². The molecule has 0 aromatic heterocycles. The Morgan fingerprint density at radius 1 is 1.25 bits per heavy atom. The third kappa shape index (κ3) is 3.81. The fraction of sp³-hybridized carbons (Fsp3) is 1.00. The Hall–Kier alpha value is 0.0169. The molecule has 2 fully saturated rings. The van der Waals surface area contributed by atoms with Crippen molar-refractivity contribution >= 4 is 8.80 Å². The van der Waals surface area contributed by atoms with Crippen LogP contribution >= 0.6 is 0 Å². The average Bonchev–Trinajstić information content (AvgIpc) is 3.27. The van der Waals surface area contributed by atoms with Crippen LogP contribution in [0.15, 0.2) is 0 Å². The van der Waals surface area contributed by atoms with Crippen molar-refractivity contribution < 1.29 is 18.0 Å². The molecule has 1 heterocycles. The molecule has 0 radical (unpaired) electrons. The predicted molar refractivity (Wildman–Crippen MR) is 79.4 cm³/mol. The monoisotopic (exact) mass is 303 g/mol. The highest BCUT2D eigenvalue weighted by molar-refractivity contribution is 6.60. The van der Waals surface area contributed by atoms with E-state index in [1.54, 1.807) is 14.2 Å². The van der Waals surface area contributed by atoms with Gasteiger partial charge < -0.3 is 23.7 Å². The summed E-state index contributed by atoms with van der Waals surface area (Å²) in [6.45, 7) is 3.44. The number of rotatable bonds is 9. The molecule has 4 atom stereocenters. The van der Waals surface area contributed by atoms with Gasteiger partial charge in [-0.3, -0.25) is 0 Å². The number of nitrogens with two attached hydrogens (primary N) is 1. The second kappa shape index (κ2) is 7.33. The summed E-state index contributed by atoms with van der Waals surface area (Å²) in [6.07, 6.45) is 5.51. The molecular formula is C14H29NO4Si. The van der Waals surface area contributed by atoms with Crippen LogP contribution in [0.2, 0.25) is 6.04 Å². The fourth-order valence-corrected chi connectivity index (χ4v) is 5.82. The molecule has 6 heteroatoms. The third-order valence-electron chi connectivity index (χ3n) is 4.67. The first kappa shape index (κ1) is 16.4. The molecule has 0 spiro atoms. The summed E-state index contributed by atoms with van der Waals surface area (Å²) in [5.74, 6) is 1.02. The maximum atomic E-state index is 6.02. The van der Waals surface area contributed by atoms with Crippen LogP contribution in [-0.4, -0.2) is 48.4 Å². The van der Waals surface area contributed by atoms with E-state index >= 15 is 0 Å². The lowest BCUT2D eigenvalue weighted by Crippen LogP contribution is -2.48. The van der Waals surface area contributed by atoms with Crippen LogP contribution in [0.4, 0.5) is 0 Å². The molecule has 1 saturated heterocycles. The van der Waals surface area contributed by atoms with Crippen molar-refractivity contribution in [2.24, 2.45) is 17.6 Å².